The standard InChI is InChI=1S/C27H24F3N3O7/c28-17-8-16(9-18(29)21(17)30)19-10-33(32-31-19)22-23(35)20(11-34)40-25(24(22)36)26(27(37)38)39-12-13-5-6-14-3-1-2-4-15(14)7-13/h1-10,20,22-26,34-36H,11-12H2,(H,37,38)/t20?,22?,23-,24?,25+,26-/m0/s1. The van der Waals surface area contributed by atoms with Crippen LogP contribution < -0.4 is 0 Å². The smallest absolute Gasteiger partial charge is 0.335 e. The van der Waals surface area contributed by atoms with Crippen molar-refractivity contribution in [2.24, 2.45) is 0 Å². The van der Waals surface area contributed by atoms with Crippen LogP contribution in [-0.4, -0.2) is 78.5 Å². The molecule has 3 unspecified atom stereocenters. The van der Waals surface area contributed by atoms with Crippen LogP contribution in [0.4, 0.5) is 13.2 Å². The molecule has 0 spiro atoms. The first-order chi connectivity index (χ1) is 19.2. The number of nitrogens with zero attached hydrogens (tertiary/aromatic N) is 3. The number of aliphatic hydroxyl groups is 3. The molecular weight excluding hydrogens is 535 g/mol. The molecule has 1 aromatic heterocycles. The molecule has 0 saturated carbocycles. The van der Waals surface area contributed by atoms with Crippen LogP contribution in [0.15, 0.2) is 60.8 Å². The summed E-state index contributed by atoms with van der Waals surface area (Å²) in [7, 11) is 0. The molecule has 4 N–H and O–H groups in total. The average molecular weight is 559 g/mol. The van der Waals surface area contributed by atoms with E-state index in [0.29, 0.717) is 17.7 Å². The molecule has 40 heavy (non-hydrogen) atoms. The molecule has 2 heterocycles. The topological polar surface area (TPSA) is 147 Å². The summed E-state index contributed by atoms with van der Waals surface area (Å²) in [4.78, 5) is 12.2. The van der Waals surface area contributed by atoms with Gasteiger partial charge in [-0.25, -0.2) is 22.6 Å². The Bertz CT molecular complexity index is 1510. The van der Waals surface area contributed by atoms with Crippen molar-refractivity contribution in [3.63, 3.8) is 0 Å². The van der Waals surface area contributed by atoms with Crippen molar-refractivity contribution in [1.82, 2.24) is 15.0 Å². The lowest BCUT2D eigenvalue weighted by atomic mass is 9.90. The molecule has 3 aromatic carbocycles. The zero-order valence-corrected chi connectivity index (χ0v) is 20.6. The molecule has 5 rings (SSSR count). The Balaban J connectivity index is 1.41. The molecule has 0 bridgehead atoms. The van der Waals surface area contributed by atoms with E-state index < -0.39 is 66.6 Å². The van der Waals surface area contributed by atoms with Gasteiger partial charge in [-0.2, -0.15) is 0 Å². The first kappa shape index (κ1) is 27.7. The van der Waals surface area contributed by atoms with E-state index in [1.165, 1.54) is 0 Å². The van der Waals surface area contributed by atoms with Crippen LogP contribution in [0.1, 0.15) is 11.6 Å². The number of aliphatic carboxylic acids is 1. The van der Waals surface area contributed by atoms with E-state index in [1.54, 1.807) is 6.07 Å². The molecule has 0 radical (unpaired) electrons. The first-order valence-corrected chi connectivity index (χ1v) is 12.2. The number of fused-ring (bicyclic) bond motifs is 1. The molecule has 1 saturated heterocycles. The van der Waals surface area contributed by atoms with Crippen molar-refractivity contribution < 1.29 is 47.9 Å². The van der Waals surface area contributed by atoms with Crippen LogP contribution in [0.3, 0.4) is 0 Å². The maximum atomic E-state index is 13.7. The van der Waals surface area contributed by atoms with Crippen molar-refractivity contribution >= 4 is 16.7 Å². The Hall–Kier alpha value is -3.88. The van der Waals surface area contributed by atoms with E-state index in [9.17, 15) is 38.4 Å². The second kappa shape index (κ2) is 11.3. The third-order valence-corrected chi connectivity index (χ3v) is 6.81. The number of carbonyl (C=O) groups is 1. The van der Waals surface area contributed by atoms with Crippen LogP contribution in [0.5, 0.6) is 0 Å². The predicted molar refractivity (Wildman–Crippen MR) is 132 cm³/mol. The van der Waals surface area contributed by atoms with E-state index in [2.05, 4.69) is 10.3 Å². The van der Waals surface area contributed by atoms with Gasteiger partial charge in [-0.1, -0.05) is 41.6 Å². The molecule has 1 aliphatic heterocycles. The van der Waals surface area contributed by atoms with Crippen LogP contribution in [0, 0.1) is 17.5 Å². The third kappa shape index (κ3) is 5.29. The Kier molecular flexibility index (Phi) is 7.83. The minimum atomic E-state index is -1.74. The number of aliphatic hydroxyl groups excluding tert-OH is 3. The first-order valence-electron chi connectivity index (χ1n) is 12.2. The van der Waals surface area contributed by atoms with Crippen molar-refractivity contribution in [1.29, 1.82) is 0 Å². The van der Waals surface area contributed by atoms with E-state index in [0.717, 1.165) is 21.7 Å². The molecule has 10 nitrogen and oxygen atoms in total. The monoisotopic (exact) mass is 559 g/mol. The van der Waals surface area contributed by atoms with Gasteiger partial charge in [0.15, 0.2) is 23.6 Å². The van der Waals surface area contributed by atoms with Gasteiger partial charge in [0.1, 0.15) is 36.2 Å². The maximum Gasteiger partial charge on any atom is 0.335 e. The van der Waals surface area contributed by atoms with E-state index in [4.69, 9.17) is 9.47 Å². The van der Waals surface area contributed by atoms with Gasteiger partial charge in [0.25, 0.3) is 0 Å². The number of ether oxygens (including phenoxy) is 2. The molecule has 1 aliphatic rings. The van der Waals surface area contributed by atoms with Crippen molar-refractivity contribution in [2.45, 2.75) is 43.2 Å². The number of rotatable bonds is 8. The summed E-state index contributed by atoms with van der Waals surface area (Å²) in [5.74, 6) is -6.04. The highest BCUT2D eigenvalue weighted by Crippen LogP contribution is 2.33. The SMILES string of the molecule is O=C(O)[C@@H](OCc1ccc2ccccc2c1)[C@@H]1OC(CO)[C@H](O)C(n2cc(-c3cc(F)c(F)c(F)c3)nn2)C1O. The molecule has 210 valence electrons. The summed E-state index contributed by atoms with van der Waals surface area (Å²) in [6.45, 7) is -0.894. The van der Waals surface area contributed by atoms with Crippen molar-refractivity contribution in [2.75, 3.05) is 6.61 Å². The minimum Gasteiger partial charge on any atom is -0.479 e. The summed E-state index contributed by atoms with van der Waals surface area (Å²) in [5.41, 5.74) is 0.365. The van der Waals surface area contributed by atoms with E-state index in [-0.39, 0.29) is 17.9 Å². The molecular formula is C27H24F3N3O7. The lowest BCUT2D eigenvalue weighted by Crippen LogP contribution is -2.60. The van der Waals surface area contributed by atoms with Gasteiger partial charge in [-0.05, 0) is 34.5 Å². The fourth-order valence-corrected chi connectivity index (χ4v) is 4.77. The summed E-state index contributed by atoms with van der Waals surface area (Å²) in [6, 6.07) is 13.0. The fraction of sp³-hybridized carbons (Fsp3) is 0.296. The second-order valence-electron chi connectivity index (χ2n) is 9.38. The van der Waals surface area contributed by atoms with Crippen LogP contribution in [0.2, 0.25) is 0 Å². The number of carboxylic acids is 1. The number of carboxylic acid groups (broad SMARTS) is 1. The highest BCUT2D eigenvalue weighted by molar-refractivity contribution is 5.83. The quantitative estimate of drug-likeness (QED) is 0.239. The zero-order valence-electron chi connectivity index (χ0n) is 20.6. The largest absolute Gasteiger partial charge is 0.479 e. The third-order valence-electron chi connectivity index (χ3n) is 6.81. The van der Waals surface area contributed by atoms with Gasteiger partial charge >= 0.3 is 5.97 Å². The maximum absolute atomic E-state index is 13.7. The molecule has 0 aliphatic carbocycles. The molecule has 13 heteroatoms. The van der Waals surface area contributed by atoms with E-state index in [1.807, 2.05) is 36.4 Å². The summed E-state index contributed by atoms with van der Waals surface area (Å²) in [6.07, 6.45) is -6.86. The molecule has 6 atom stereocenters. The van der Waals surface area contributed by atoms with Gasteiger partial charge in [-0.15, -0.1) is 5.10 Å². The summed E-state index contributed by atoms with van der Waals surface area (Å²) >= 11 is 0. The number of hydrogen-bond donors (Lipinski definition) is 4. The molecule has 1 fully saturated rings. The predicted octanol–water partition coefficient (Wildman–Crippen LogP) is 2.21. The zero-order chi connectivity index (χ0) is 28.6. The Morgan fingerprint density at radius 1 is 1.02 bits per heavy atom. The molecule has 0 amide bonds. The summed E-state index contributed by atoms with van der Waals surface area (Å²) in [5, 5.41) is 51.2. The second-order valence-corrected chi connectivity index (χ2v) is 9.38. The normalized spacial score (nSPS) is 23.8. The number of benzene rings is 3. The van der Waals surface area contributed by atoms with Gasteiger partial charge in [0, 0.05) is 5.56 Å². The Labute approximate surface area is 224 Å². The van der Waals surface area contributed by atoms with Gasteiger partial charge in [0.05, 0.1) is 19.4 Å². The molecule has 4 aromatic rings. The Morgan fingerprint density at radius 3 is 2.40 bits per heavy atom. The highest BCUT2D eigenvalue weighted by atomic mass is 19.2. The minimum absolute atomic E-state index is 0.122. The van der Waals surface area contributed by atoms with Gasteiger partial charge in [0.2, 0.25) is 0 Å². The van der Waals surface area contributed by atoms with Crippen LogP contribution >= 0.6 is 0 Å². The lowest BCUT2D eigenvalue weighted by molar-refractivity contribution is -0.238. The fourth-order valence-electron chi connectivity index (χ4n) is 4.77. The van der Waals surface area contributed by atoms with Crippen molar-refractivity contribution in [3.8, 4) is 11.3 Å². The lowest BCUT2D eigenvalue weighted by Gasteiger charge is -2.43. The average Bonchev–Trinajstić information content (AvgIpc) is 3.42. The van der Waals surface area contributed by atoms with Crippen molar-refractivity contribution in [3.05, 3.63) is 83.8 Å². The Morgan fingerprint density at radius 2 is 1.73 bits per heavy atom. The van der Waals surface area contributed by atoms with E-state index >= 15 is 0 Å². The summed E-state index contributed by atoms with van der Waals surface area (Å²) < 4.78 is 53.0. The number of aromatic nitrogens is 3. The van der Waals surface area contributed by atoms with Gasteiger partial charge < -0.3 is 29.9 Å². The number of halogens is 3. The highest BCUT2D eigenvalue weighted by Gasteiger charge is 2.50. The van der Waals surface area contributed by atoms with Crippen LogP contribution in [-0.2, 0) is 20.9 Å². The number of hydrogen-bond acceptors (Lipinski definition) is 8. The van der Waals surface area contributed by atoms with Crippen LogP contribution in [0.25, 0.3) is 22.0 Å². The van der Waals surface area contributed by atoms with Gasteiger partial charge in [-0.3, -0.25) is 0 Å².